The van der Waals surface area contributed by atoms with Crippen LogP contribution >= 0.6 is 0 Å². The van der Waals surface area contributed by atoms with Crippen molar-refractivity contribution in [2.24, 2.45) is 4.99 Å². The molecule has 0 spiro atoms. The normalized spacial score (nSPS) is 18.6. The van der Waals surface area contributed by atoms with Gasteiger partial charge in [0.1, 0.15) is 6.10 Å². The highest BCUT2D eigenvalue weighted by atomic mass is 32.2. The third kappa shape index (κ3) is 5.93. The van der Waals surface area contributed by atoms with E-state index < -0.39 is 10.0 Å². The molecule has 2 rings (SSSR count). The van der Waals surface area contributed by atoms with E-state index in [-0.39, 0.29) is 11.9 Å². The SMILES string of the molecule is CCS(=O)(=O)N(C)CCCNC(=NC)N1CCOC(c2ccc(C)cc2C)C1. The lowest BCUT2D eigenvalue weighted by Gasteiger charge is -2.36. The Hall–Kier alpha value is -1.64. The van der Waals surface area contributed by atoms with Crippen LogP contribution in [0.2, 0.25) is 0 Å². The highest BCUT2D eigenvalue weighted by molar-refractivity contribution is 7.89. The average Bonchev–Trinajstić information content (AvgIpc) is 2.68. The summed E-state index contributed by atoms with van der Waals surface area (Å²) in [4.78, 5) is 6.61. The first kappa shape index (κ1) is 22.6. The second-order valence-electron chi connectivity index (χ2n) is 7.22. The fourth-order valence-electron chi connectivity index (χ4n) is 3.41. The summed E-state index contributed by atoms with van der Waals surface area (Å²) >= 11 is 0. The number of rotatable bonds is 7. The molecule has 1 aliphatic heterocycles. The third-order valence-corrected chi connectivity index (χ3v) is 6.98. The van der Waals surface area contributed by atoms with Crippen molar-refractivity contribution in [3.8, 4) is 0 Å². The number of sulfonamides is 1. The molecule has 0 aromatic heterocycles. The second kappa shape index (κ2) is 10.2. The molecule has 1 N–H and O–H groups in total. The van der Waals surface area contributed by atoms with Gasteiger partial charge in [-0.15, -0.1) is 0 Å². The lowest BCUT2D eigenvalue weighted by atomic mass is 10.00. The van der Waals surface area contributed by atoms with E-state index in [0.717, 1.165) is 25.5 Å². The highest BCUT2D eigenvalue weighted by Crippen LogP contribution is 2.25. The van der Waals surface area contributed by atoms with E-state index in [2.05, 4.69) is 47.3 Å². The van der Waals surface area contributed by atoms with E-state index in [1.807, 2.05) is 0 Å². The zero-order chi connectivity index (χ0) is 20.7. The Labute approximate surface area is 169 Å². The Morgan fingerprint density at radius 3 is 2.79 bits per heavy atom. The number of hydrogen-bond acceptors (Lipinski definition) is 4. The van der Waals surface area contributed by atoms with Crippen LogP contribution in [0.5, 0.6) is 0 Å². The zero-order valence-electron chi connectivity index (χ0n) is 17.7. The number of guanidine groups is 1. The summed E-state index contributed by atoms with van der Waals surface area (Å²) in [6.07, 6.45) is 0.744. The maximum absolute atomic E-state index is 11.8. The molecule has 158 valence electrons. The van der Waals surface area contributed by atoms with Crippen LogP contribution in [0.3, 0.4) is 0 Å². The van der Waals surface area contributed by atoms with Crippen LogP contribution in [0.15, 0.2) is 23.2 Å². The van der Waals surface area contributed by atoms with Gasteiger partial charge in [0.25, 0.3) is 0 Å². The molecule has 7 nitrogen and oxygen atoms in total. The number of nitrogens with one attached hydrogen (secondary N) is 1. The molecule has 1 fully saturated rings. The van der Waals surface area contributed by atoms with Gasteiger partial charge in [0.2, 0.25) is 10.0 Å². The molecular formula is C20H34N4O3S. The summed E-state index contributed by atoms with van der Waals surface area (Å²) in [7, 11) is 0.283. The van der Waals surface area contributed by atoms with Gasteiger partial charge in [-0.05, 0) is 38.3 Å². The van der Waals surface area contributed by atoms with Gasteiger partial charge in [0, 0.05) is 33.7 Å². The summed E-state index contributed by atoms with van der Waals surface area (Å²) in [6, 6.07) is 6.46. The van der Waals surface area contributed by atoms with Crippen molar-refractivity contribution >= 4 is 16.0 Å². The summed E-state index contributed by atoms with van der Waals surface area (Å²) < 4.78 is 31.1. The van der Waals surface area contributed by atoms with Crippen LogP contribution in [-0.4, -0.2) is 76.2 Å². The van der Waals surface area contributed by atoms with E-state index in [4.69, 9.17) is 4.74 Å². The lowest BCUT2D eigenvalue weighted by Crippen LogP contribution is -2.48. The first-order chi connectivity index (χ1) is 13.3. The van der Waals surface area contributed by atoms with Gasteiger partial charge in [0.05, 0.1) is 18.9 Å². The first-order valence-corrected chi connectivity index (χ1v) is 11.5. The van der Waals surface area contributed by atoms with Gasteiger partial charge in [-0.2, -0.15) is 0 Å². The Kier molecular flexibility index (Phi) is 8.27. The van der Waals surface area contributed by atoms with E-state index in [9.17, 15) is 8.42 Å². The summed E-state index contributed by atoms with van der Waals surface area (Å²) in [6.45, 7) is 9.22. The molecule has 1 aromatic rings. The summed E-state index contributed by atoms with van der Waals surface area (Å²) in [5.41, 5.74) is 3.72. The number of benzene rings is 1. The number of aliphatic imine (C=N–C) groups is 1. The highest BCUT2D eigenvalue weighted by Gasteiger charge is 2.25. The van der Waals surface area contributed by atoms with Crippen LogP contribution in [0.4, 0.5) is 0 Å². The maximum atomic E-state index is 11.8. The zero-order valence-corrected chi connectivity index (χ0v) is 18.6. The fourth-order valence-corrected chi connectivity index (χ4v) is 4.26. The number of morpholine rings is 1. The summed E-state index contributed by atoms with van der Waals surface area (Å²) in [5.74, 6) is 0.964. The van der Waals surface area contributed by atoms with Crippen LogP contribution in [-0.2, 0) is 14.8 Å². The minimum Gasteiger partial charge on any atom is -0.370 e. The van der Waals surface area contributed by atoms with Gasteiger partial charge in [-0.3, -0.25) is 4.99 Å². The van der Waals surface area contributed by atoms with E-state index >= 15 is 0 Å². The molecule has 28 heavy (non-hydrogen) atoms. The molecule has 1 aliphatic rings. The van der Waals surface area contributed by atoms with Crippen LogP contribution in [0, 0.1) is 13.8 Å². The number of aryl methyl sites for hydroxylation is 2. The Morgan fingerprint density at radius 2 is 2.14 bits per heavy atom. The Bertz CT molecular complexity index is 780. The molecule has 0 bridgehead atoms. The molecule has 0 aliphatic carbocycles. The fraction of sp³-hybridized carbons (Fsp3) is 0.650. The van der Waals surface area contributed by atoms with Gasteiger partial charge in [0.15, 0.2) is 5.96 Å². The molecule has 1 heterocycles. The molecular weight excluding hydrogens is 376 g/mol. The van der Waals surface area contributed by atoms with Crippen molar-refractivity contribution in [1.29, 1.82) is 0 Å². The summed E-state index contributed by atoms with van der Waals surface area (Å²) in [5, 5.41) is 3.36. The predicted octanol–water partition coefficient (Wildman–Crippen LogP) is 1.92. The number of hydrogen-bond donors (Lipinski definition) is 1. The van der Waals surface area contributed by atoms with Crippen LogP contribution in [0.1, 0.15) is 36.1 Å². The maximum Gasteiger partial charge on any atom is 0.213 e. The first-order valence-electron chi connectivity index (χ1n) is 9.86. The minimum absolute atomic E-state index is 0.0220. The predicted molar refractivity (Wildman–Crippen MR) is 114 cm³/mol. The van der Waals surface area contributed by atoms with Crippen molar-refractivity contribution in [2.75, 3.05) is 52.6 Å². The van der Waals surface area contributed by atoms with E-state index in [0.29, 0.717) is 19.7 Å². The molecule has 0 saturated carbocycles. The van der Waals surface area contributed by atoms with Crippen molar-refractivity contribution in [1.82, 2.24) is 14.5 Å². The largest absolute Gasteiger partial charge is 0.370 e. The number of ether oxygens (including phenoxy) is 1. The smallest absolute Gasteiger partial charge is 0.213 e. The molecule has 1 unspecified atom stereocenters. The molecule has 1 aromatic carbocycles. The van der Waals surface area contributed by atoms with Gasteiger partial charge in [-0.25, -0.2) is 12.7 Å². The van der Waals surface area contributed by atoms with Gasteiger partial charge >= 0.3 is 0 Å². The molecule has 8 heteroatoms. The number of nitrogens with zero attached hydrogens (tertiary/aromatic N) is 3. The topological polar surface area (TPSA) is 74.2 Å². The molecule has 1 atom stereocenters. The third-order valence-electron chi connectivity index (χ3n) is 5.12. The lowest BCUT2D eigenvalue weighted by molar-refractivity contribution is -0.00831. The van der Waals surface area contributed by atoms with Gasteiger partial charge < -0.3 is 15.0 Å². The standard InChI is InChI=1S/C20H34N4O3S/c1-6-28(25,26)23(5)11-7-10-22-20(21-4)24-12-13-27-19(15-24)18-9-8-16(2)14-17(18)3/h8-9,14,19H,6-7,10-13,15H2,1-5H3,(H,21,22). The van der Waals surface area contributed by atoms with Crippen molar-refractivity contribution in [3.63, 3.8) is 0 Å². The van der Waals surface area contributed by atoms with Crippen LogP contribution in [0.25, 0.3) is 0 Å². The van der Waals surface area contributed by atoms with E-state index in [1.165, 1.54) is 21.0 Å². The Balaban J connectivity index is 1.90. The average molecular weight is 411 g/mol. The van der Waals surface area contributed by atoms with E-state index in [1.54, 1.807) is 21.0 Å². The van der Waals surface area contributed by atoms with Crippen molar-refractivity contribution < 1.29 is 13.2 Å². The monoisotopic (exact) mass is 410 g/mol. The quantitative estimate of drug-likeness (QED) is 0.422. The molecule has 0 radical (unpaired) electrons. The van der Waals surface area contributed by atoms with Gasteiger partial charge in [-0.1, -0.05) is 23.8 Å². The van der Waals surface area contributed by atoms with Crippen molar-refractivity contribution in [2.45, 2.75) is 33.3 Å². The van der Waals surface area contributed by atoms with Crippen LogP contribution < -0.4 is 5.32 Å². The van der Waals surface area contributed by atoms with Crippen molar-refractivity contribution in [3.05, 3.63) is 34.9 Å². The second-order valence-corrected chi connectivity index (χ2v) is 9.58. The molecule has 0 amide bonds. The molecule has 1 saturated heterocycles. The Morgan fingerprint density at radius 1 is 1.39 bits per heavy atom. The minimum atomic E-state index is -3.12.